The zero-order valence-corrected chi connectivity index (χ0v) is 15.1. The summed E-state index contributed by atoms with van der Waals surface area (Å²) in [5.41, 5.74) is 0.640. The number of nitrogens with one attached hydrogen (secondary N) is 1. The van der Waals surface area contributed by atoms with Crippen molar-refractivity contribution in [3.05, 3.63) is 16.8 Å². The Balaban J connectivity index is 1.49. The van der Waals surface area contributed by atoms with E-state index in [0.717, 1.165) is 40.9 Å². The van der Waals surface area contributed by atoms with Gasteiger partial charge in [-0.05, 0) is 50.5 Å². The minimum absolute atomic E-state index is 0.102. The Kier molecular flexibility index (Phi) is 3.97. The lowest BCUT2D eigenvalue weighted by atomic mass is 9.98. The number of carbonyl (C=O) groups excluding carboxylic acids is 1. The van der Waals surface area contributed by atoms with Crippen LogP contribution in [-0.4, -0.2) is 27.2 Å². The fourth-order valence-electron chi connectivity index (χ4n) is 3.35. The highest BCUT2D eigenvalue weighted by atomic mass is 32.2. The quantitative estimate of drug-likeness (QED) is 0.656. The van der Waals surface area contributed by atoms with E-state index in [1.54, 1.807) is 17.7 Å². The molecule has 0 bridgehead atoms. The molecule has 2 heterocycles. The van der Waals surface area contributed by atoms with Gasteiger partial charge in [-0.25, -0.2) is 9.97 Å². The third-order valence-electron chi connectivity index (χ3n) is 4.83. The molecule has 1 atom stereocenters. The van der Waals surface area contributed by atoms with Crippen LogP contribution in [-0.2, 0) is 17.6 Å². The molecule has 2 aromatic heterocycles. The molecule has 1 N–H and O–H groups in total. The minimum atomic E-state index is -0.734. The summed E-state index contributed by atoms with van der Waals surface area (Å²) in [6, 6.07) is 2.26. The lowest BCUT2D eigenvalue weighted by molar-refractivity contribution is -0.119. The second-order valence-corrected chi connectivity index (χ2v) is 8.69. The van der Waals surface area contributed by atoms with Crippen LogP contribution in [0, 0.1) is 17.2 Å². The van der Waals surface area contributed by atoms with E-state index in [1.165, 1.54) is 28.6 Å². The normalized spacial score (nSPS) is 18.8. The van der Waals surface area contributed by atoms with Crippen LogP contribution in [0.5, 0.6) is 0 Å². The lowest BCUT2D eigenvalue weighted by Crippen LogP contribution is -2.47. The second-order valence-electron chi connectivity index (χ2n) is 6.64. The molecule has 124 valence electrons. The number of rotatable bonds is 5. The van der Waals surface area contributed by atoms with Gasteiger partial charge in [0.05, 0.1) is 11.8 Å². The van der Waals surface area contributed by atoms with Gasteiger partial charge in [0.2, 0.25) is 5.91 Å². The first-order valence-electron chi connectivity index (χ1n) is 8.21. The number of nitrogens with zero attached hydrogens (tertiary/aromatic N) is 3. The first-order chi connectivity index (χ1) is 11.6. The molecular formula is C17H18N4OS2. The van der Waals surface area contributed by atoms with Crippen LogP contribution in [0.25, 0.3) is 10.2 Å². The van der Waals surface area contributed by atoms with Crippen LogP contribution in [0.15, 0.2) is 11.4 Å². The number of amides is 1. The van der Waals surface area contributed by atoms with Crippen molar-refractivity contribution in [3.8, 4) is 6.07 Å². The van der Waals surface area contributed by atoms with Crippen molar-refractivity contribution >= 4 is 39.2 Å². The maximum Gasteiger partial charge on any atom is 0.231 e. The van der Waals surface area contributed by atoms with E-state index in [0.29, 0.717) is 5.92 Å². The van der Waals surface area contributed by atoms with Gasteiger partial charge in [-0.15, -0.1) is 11.3 Å². The highest BCUT2D eigenvalue weighted by Crippen LogP contribution is 2.41. The number of aromatic nitrogens is 2. The first-order valence-corrected chi connectivity index (χ1v) is 10.0. The molecule has 7 heteroatoms. The Morgan fingerprint density at radius 1 is 1.50 bits per heavy atom. The third-order valence-corrected chi connectivity index (χ3v) is 7.02. The van der Waals surface area contributed by atoms with Crippen molar-refractivity contribution in [2.45, 2.75) is 49.6 Å². The summed E-state index contributed by atoms with van der Waals surface area (Å²) in [4.78, 5) is 23.5. The number of fused-ring (bicyclic) bond motifs is 3. The van der Waals surface area contributed by atoms with Crippen molar-refractivity contribution in [2.24, 2.45) is 5.92 Å². The van der Waals surface area contributed by atoms with Gasteiger partial charge in [-0.2, -0.15) is 5.26 Å². The average Bonchev–Trinajstić information content (AvgIpc) is 3.24. The van der Waals surface area contributed by atoms with Crippen LogP contribution < -0.4 is 5.32 Å². The van der Waals surface area contributed by atoms with Crippen LogP contribution in [0.3, 0.4) is 0 Å². The largest absolute Gasteiger partial charge is 0.337 e. The Labute approximate surface area is 148 Å². The van der Waals surface area contributed by atoms with Crippen molar-refractivity contribution in [3.63, 3.8) is 0 Å². The smallest absolute Gasteiger partial charge is 0.231 e. The molecular weight excluding hydrogens is 340 g/mol. The molecule has 2 aromatic rings. The van der Waals surface area contributed by atoms with E-state index in [2.05, 4.69) is 21.4 Å². The van der Waals surface area contributed by atoms with Crippen LogP contribution >= 0.6 is 23.1 Å². The van der Waals surface area contributed by atoms with E-state index in [4.69, 9.17) is 0 Å². The summed E-state index contributed by atoms with van der Waals surface area (Å²) in [6.07, 6.45) is 7.02. The van der Waals surface area contributed by atoms with Gasteiger partial charge >= 0.3 is 0 Å². The van der Waals surface area contributed by atoms with E-state index in [-0.39, 0.29) is 11.7 Å². The molecule has 0 aliphatic heterocycles. The molecule has 2 aliphatic carbocycles. The predicted octanol–water partition coefficient (Wildman–Crippen LogP) is 3.08. The van der Waals surface area contributed by atoms with Gasteiger partial charge in [0.1, 0.15) is 21.7 Å². The second kappa shape index (κ2) is 6.01. The zero-order valence-electron chi connectivity index (χ0n) is 13.5. The topological polar surface area (TPSA) is 78.7 Å². The number of hydrogen-bond acceptors (Lipinski definition) is 6. The van der Waals surface area contributed by atoms with Gasteiger partial charge in [-0.1, -0.05) is 11.8 Å². The summed E-state index contributed by atoms with van der Waals surface area (Å²) >= 11 is 3.20. The molecule has 5 nitrogen and oxygen atoms in total. The van der Waals surface area contributed by atoms with Gasteiger partial charge in [-0.3, -0.25) is 4.79 Å². The van der Waals surface area contributed by atoms with Crippen molar-refractivity contribution in [1.29, 1.82) is 5.26 Å². The summed E-state index contributed by atoms with van der Waals surface area (Å²) in [6.45, 7) is 1.82. The number of hydrogen-bond donors (Lipinski definition) is 1. The average molecular weight is 358 g/mol. The SMILES string of the molecule is C[C@@](C#N)(NC(=O)CSc1ncnc2sc3c(c12)CCC3)C1CC1. The van der Waals surface area contributed by atoms with Gasteiger partial charge in [0.25, 0.3) is 0 Å². The summed E-state index contributed by atoms with van der Waals surface area (Å²) < 4.78 is 0. The van der Waals surface area contributed by atoms with Gasteiger partial charge in [0.15, 0.2) is 0 Å². The number of nitriles is 1. The standard InChI is InChI=1S/C17H18N4OS2/c1-17(8-18,10-5-6-10)21-13(22)7-23-15-14-11-3-2-4-12(11)24-16(14)20-9-19-15/h9-10H,2-7H2,1H3,(H,21,22)/t17-/m0/s1. The number of thioether (sulfide) groups is 1. The lowest BCUT2D eigenvalue weighted by Gasteiger charge is -2.22. The van der Waals surface area contributed by atoms with E-state index >= 15 is 0 Å². The van der Waals surface area contributed by atoms with E-state index < -0.39 is 5.54 Å². The van der Waals surface area contributed by atoms with Gasteiger partial charge < -0.3 is 5.32 Å². The Bertz CT molecular complexity index is 852. The van der Waals surface area contributed by atoms with Crippen LogP contribution in [0.4, 0.5) is 0 Å². The molecule has 2 aliphatic rings. The summed E-state index contributed by atoms with van der Waals surface area (Å²) in [5.74, 6) is 0.470. The molecule has 0 spiro atoms. The Morgan fingerprint density at radius 3 is 3.08 bits per heavy atom. The molecule has 0 radical (unpaired) electrons. The monoisotopic (exact) mass is 358 g/mol. The first kappa shape index (κ1) is 15.9. The van der Waals surface area contributed by atoms with Crippen molar-refractivity contribution in [2.75, 3.05) is 5.75 Å². The fourth-order valence-corrected chi connectivity index (χ4v) is 5.47. The molecule has 0 aromatic carbocycles. The van der Waals surface area contributed by atoms with Crippen molar-refractivity contribution < 1.29 is 4.79 Å². The molecule has 1 saturated carbocycles. The van der Waals surface area contributed by atoms with Crippen LogP contribution in [0.1, 0.15) is 36.6 Å². The molecule has 24 heavy (non-hydrogen) atoms. The number of aryl methyl sites for hydroxylation is 2. The summed E-state index contributed by atoms with van der Waals surface area (Å²) in [5, 5.41) is 14.3. The maximum atomic E-state index is 12.3. The molecule has 0 unspecified atom stereocenters. The van der Waals surface area contributed by atoms with Crippen LogP contribution in [0.2, 0.25) is 0 Å². The third kappa shape index (κ3) is 2.78. The van der Waals surface area contributed by atoms with Gasteiger partial charge in [0, 0.05) is 10.3 Å². The maximum absolute atomic E-state index is 12.3. The molecule has 4 rings (SSSR count). The highest BCUT2D eigenvalue weighted by Gasteiger charge is 2.42. The Morgan fingerprint density at radius 2 is 2.33 bits per heavy atom. The predicted molar refractivity (Wildman–Crippen MR) is 95.0 cm³/mol. The Hall–Kier alpha value is -1.65. The zero-order chi connectivity index (χ0) is 16.7. The number of carbonyl (C=O) groups is 1. The number of thiophene rings is 1. The minimum Gasteiger partial charge on any atom is -0.337 e. The van der Waals surface area contributed by atoms with E-state index in [9.17, 15) is 10.1 Å². The van der Waals surface area contributed by atoms with Crippen molar-refractivity contribution in [1.82, 2.24) is 15.3 Å². The molecule has 0 saturated heterocycles. The molecule has 1 amide bonds. The highest BCUT2D eigenvalue weighted by molar-refractivity contribution is 8.00. The summed E-state index contributed by atoms with van der Waals surface area (Å²) in [7, 11) is 0. The molecule has 1 fully saturated rings. The van der Waals surface area contributed by atoms with E-state index in [1.807, 2.05) is 6.92 Å². The fraction of sp³-hybridized carbons (Fsp3) is 0.529.